The van der Waals surface area contributed by atoms with Crippen LogP contribution in [0, 0.1) is 13.8 Å². The fraction of sp³-hybridized carbons (Fsp3) is 0.526. The van der Waals surface area contributed by atoms with Gasteiger partial charge in [0.25, 0.3) is 11.5 Å². The van der Waals surface area contributed by atoms with E-state index in [0.29, 0.717) is 12.0 Å². The predicted molar refractivity (Wildman–Crippen MR) is 101 cm³/mol. The molecule has 3 rings (SSSR count). The van der Waals surface area contributed by atoms with Crippen molar-refractivity contribution < 1.29 is 4.79 Å². The lowest BCUT2D eigenvalue weighted by atomic mass is 10.0. The first-order chi connectivity index (χ1) is 12.5. The number of amides is 1. The van der Waals surface area contributed by atoms with Gasteiger partial charge in [0.2, 0.25) is 0 Å². The van der Waals surface area contributed by atoms with Crippen molar-refractivity contribution in [2.24, 2.45) is 0 Å². The van der Waals surface area contributed by atoms with Gasteiger partial charge in [0.05, 0.1) is 5.69 Å². The average Bonchev–Trinajstić information content (AvgIpc) is 3.00. The number of hydrogen-bond donors (Lipinski definition) is 3. The molecule has 0 aromatic carbocycles. The Hall–Kier alpha value is -2.41. The molecule has 1 atom stereocenters. The van der Waals surface area contributed by atoms with E-state index in [-0.39, 0.29) is 29.1 Å². The number of aromatic amines is 1. The van der Waals surface area contributed by atoms with Gasteiger partial charge in [0, 0.05) is 30.4 Å². The van der Waals surface area contributed by atoms with Crippen LogP contribution in [0.1, 0.15) is 53.1 Å². The van der Waals surface area contributed by atoms with E-state index in [1.54, 1.807) is 4.57 Å². The molecule has 1 amide bonds. The zero-order chi connectivity index (χ0) is 18.7. The number of aryl methyl sites for hydroxylation is 2. The second kappa shape index (κ2) is 7.86. The Morgan fingerprint density at radius 2 is 2.12 bits per heavy atom. The Bertz CT molecular complexity index is 833. The van der Waals surface area contributed by atoms with E-state index >= 15 is 0 Å². The molecule has 0 aliphatic carbocycles. The number of H-pyrrole nitrogens is 1. The second-order valence-electron chi connectivity index (χ2n) is 7.19. The molecule has 1 aliphatic heterocycles. The quantitative estimate of drug-likeness (QED) is 0.756. The Balaban J connectivity index is 1.76. The van der Waals surface area contributed by atoms with Crippen LogP contribution in [-0.2, 0) is 6.42 Å². The molecule has 7 heteroatoms. The maximum absolute atomic E-state index is 12.9. The summed E-state index contributed by atoms with van der Waals surface area (Å²) in [4.78, 5) is 25.7. The average molecular weight is 357 g/mol. The van der Waals surface area contributed by atoms with Crippen LogP contribution >= 0.6 is 0 Å². The van der Waals surface area contributed by atoms with Gasteiger partial charge in [-0.15, -0.1) is 0 Å². The van der Waals surface area contributed by atoms with E-state index in [1.807, 2.05) is 39.1 Å². The van der Waals surface area contributed by atoms with Crippen molar-refractivity contribution in [3.63, 3.8) is 0 Å². The van der Waals surface area contributed by atoms with Crippen LogP contribution in [0.4, 0.5) is 0 Å². The third-order valence-corrected chi connectivity index (χ3v) is 4.91. The molecule has 0 spiro atoms. The van der Waals surface area contributed by atoms with Gasteiger partial charge in [0.15, 0.2) is 0 Å². The van der Waals surface area contributed by atoms with Crippen LogP contribution in [0.2, 0.25) is 0 Å². The molecular weight excluding hydrogens is 330 g/mol. The highest BCUT2D eigenvalue weighted by atomic mass is 16.2. The number of pyridine rings is 1. The van der Waals surface area contributed by atoms with Crippen molar-refractivity contribution in [3.8, 4) is 0 Å². The van der Waals surface area contributed by atoms with Crippen molar-refractivity contribution >= 4 is 5.91 Å². The molecule has 3 heterocycles. The highest BCUT2D eigenvalue weighted by Gasteiger charge is 2.22. The van der Waals surface area contributed by atoms with E-state index in [4.69, 9.17) is 0 Å². The number of nitrogens with zero attached hydrogens (tertiary/aromatic N) is 2. The van der Waals surface area contributed by atoms with Gasteiger partial charge >= 0.3 is 0 Å². The van der Waals surface area contributed by atoms with Crippen molar-refractivity contribution in [2.75, 3.05) is 13.1 Å². The molecule has 140 valence electrons. The first kappa shape index (κ1) is 18.4. The zero-order valence-corrected chi connectivity index (χ0v) is 15.6. The molecule has 1 fully saturated rings. The van der Waals surface area contributed by atoms with Gasteiger partial charge in [-0.2, -0.15) is 5.10 Å². The fourth-order valence-corrected chi connectivity index (χ4v) is 3.53. The first-order valence-electron chi connectivity index (χ1n) is 9.20. The van der Waals surface area contributed by atoms with Crippen molar-refractivity contribution in [3.05, 3.63) is 51.2 Å². The van der Waals surface area contributed by atoms with Gasteiger partial charge in [-0.3, -0.25) is 14.7 Å². The smallest absolute Gasteiger partial charge is 0.263 e. The van der Waals surface area contributed by atoms with E-state index < -0.39 is 0 Å². The minimum Gasteiger partial charge on any atom is -0.349 e. The molecule has 1 saturated heterocycles. The number of carbonyl (C=O) groups excluding carboxylic acids is 1. The standard InChI is InChI=1S/C19H27N5O2/c1-12-6-9-24(16-4-7-20-8-5-16)19(26)17(12)18(25)21-13(2)10-15-11-14(3)22-23-15/h6,9,11,13,16,20H,4-5,7-8,10H2,1-3H3,(H,21,25)(H,22,23). The fourth-order valence-electron chi connectivity index (χ4n) is 3.53. The Kier molecular flexibility index (Phi) is 5.56. The summed E-state index contributed by atoms with van der Waals surface area (Å²) in [6.07, 6.45) is 4.24. The van der Waals surface area contributed by atoms with Crippen LogP contribution < -0.4 is 16.2 Å². The largest absolute Gasteiger partial charge is 0.349 e. The summed E-state index contributed by atoms with van der Waals surface area (Å²) in [7, 11) is 0. The molecule has 2 aromatic rings. The summed E-state index contributed by atoms with van der Waals surface area (Å²) in [6, 6.07) is 3.86. The highest BCUT2D eigenvalue weighted by Crippen LogP contribution is 2.17. The third kappa shape index (κ3) is 4.04. The lowest BCUT2D eigenvalue weighted by molar-refractivity contribution is 0.0937. The van der Waals surface area contributed by atoms with Gasteiger partial charge in [-0.25, -0.2) is 0 Å². The van der Waals surface area contributed by atoms with Gasteiger partial charge in [0.1, 0.15) is 5.56 Å². The normalized spacial score (nSPS) is 16.4. The number of piperidine rings is 1. The Morgan fingerprint density at radius 1 is 1.38 bits per heavy atom. The lowest BCUT2D eigenvalue weighted by Gasteiger charge is -2.25. The third-order valence-electron chi connectivity index (χ3n) is 4.91. The van der Waals surface area contributed by atoms with Crippen LogP contribution in [-0.4, -0.2) is 39.8 Å². The highest BCUT2D eigenvalue weighted by molar-refractivity contribution is 5.95. The van der Waals surface area contributed by atoms with Crippen LogP contribution in [0.15, 0.2) is 23.1 Å². The van der Waals surface area contributed by atoms with E-state index in [0.717, 1.165) is 37.3 Å². The molecule has 2 aromatic heterocycles. The number of rotatable bonds is 5. The topological polar surface area (TPSA) is 91.8 Å². The molecule has 1 unspecified atom stereocenters. The summed E-state index contributed by atoms with van der Waals surface area (Å²) >= 11 is 0. The molecule has 7 nitrogen and oxygen atoms in total. The summed E-state index contributed by atoms with van der Waals surface area (Å²) in [5.74, 6) is -0.310. The number of hydrogen-bond acceptors (Lipinski definition) is 4. The molecule has 3 N–H and O–H groups in total. The summed E-state index contributed by atoms with van der Waals surface area (Å²) < 4.78 is 1.73. The minimum atomic E-state index is -0.310. The van der Waals surface area contributed by atoms with Crippen molar-refractivity contribution in [2.45, 2.75) is 52.1 Å². The van der Waals surface area contributed by atoms with Gasteiger partial charge in [-0.05, 0) is 64.4 Å². The summed E-state index contributed by atoms with van der Waals surface area (Å²) in [5.41, 5.74) is 2.64. The number of carbonyl (C=O) groups is 1. The maximum Gasteiger partial charge on any atom is 0.263 e. The number of nitrogens with one attached hydrogen (secondary N) is 3. The Morgan fingerprint density at radius 3 is 2.77 bits per heavy atom. The van der Waals surface area contributed by atoms with Crippen molar-refractivity contribution in [1.29, 1.82) is 0 Å². The van der Waals surface area contributed by atoms with Gasteiger partial charge in [-0.1, -0.05) is 0 Å². The minimum absolute atomic E-state index is 0.114. The van der Waals surface area contributed by atoms with Gasteiger partial charge < -0.3 is 15.2 Å². The number of aromatic nitrogens is 3. The molecular formula is C19H27N5O2. The molecule has 0 bridgehead atoms. The monoisotopic (exact) mass is 357 g/mol. The van der Waals surface area contributed by atoms with E-state index in [9.17, 15) is 9.59 Å². The van der Waals surface area contributed by atoms with Crippen LogP contribution in [0.25, 0.3) is 0 Å². The first-order valence-corrected chi connectivity index (χ1v) is 9.20. The van der Waals surface area contributed by atoms with Crippen LogP contribution in [0.5, 0.6) is 0 Å². The maximum atomic E-state index is 12.9. The van der Waals surface area contributed by atoms with Crippen LogP contribution in [0.3, 0.4) is 0 Å². The molecule has 0 saturated carbocycles. The molecule has 26 heavy (non-hydrogen) atoms. The lowest BCUT2D eigenvalue weighted by Crippen LogP contribution is -2.41. The van der Waals surface area contributed by atoms with Crippen molar-refractivity contribution in [1.82, 2.24) is 25.4 Å². The summed E-state index contributed by atoms with van der Waals surface area (Å²) in [5, 5.41) is 13.3. The van der Waals surface area contributed by atoms with E-state index in [2.05, 4.69) is 20.8 Å². The second-order valence-corrected chi connectivity index (χ2v) is 7.19. The molecule has 1 aliphatic rings. The zero-order valence-electron chi connectivity index (χ0n) is 15.6. The van der Waals surface area contributed by atoms with E-state index in [1.165, 1.54) is 0 Å². The Labute approximate surface area is 153 Å². The predicted octanol–water partition coefficient (Wildman–Crippen LogP) is 1.47. The molecule has 0 radical (unpaired) electrons. The summed E-state index contributed by atoms with van der Waals surface area (Å²) in [6.45, 7) is 7.46. The SMILES string of the molecule is Cc1cc(CC(C)NC(=O)c2c(C)ccn(C3CCNCC3)c2=O)n[nH]1.